The van der Waals surface area contributed by atoms with Gasteiger partial charge < -0.3 is 25.6 Å². The van der Waals surface area contributed by atoms with Gasteiger partial charge in [-0.3, -0.25) is 24.1 Å². The summed E-state index contributed by atoms with van der Waals surface area (Å²) in [6, 6.07) is 6.03. The van der Waals surface area contributed by atoms with E-state index in [2.05, 4.69) is 10.6 Å². The van der Waals surface area contributed by atoms with Gasteiger partial charge in [0, 0.05) is 6.42 Å². The molecule has 0 radical (unpaired) electrons. The van der Waals surface area contributed by atoms with Gasteiger partial charge in [0.2, 0.25) is 11.8 Å². The van der Waals surface area contributed by atoms with Crippen LogP contribution in [0.25, 0.3) is 0 Å². The van der Waals surface area contributed by atoms with E-state index in [0.29, 0.717) is 16.9 Å². The molecular formula is C28H40N4O8. The van der Waals surface area contributed by atoms with Crippen LogP contribution in [0.15, 0.2) is 30.3 Å². The number of hydrogen-bond acceptors (Lipinski definition) is 8. The molecule has 0 unspecified atom stereocenters. The molecule has 4 N–H and O–H groups in total. The molecule has 0 heterocycles. The van der Waals surface area contributed by atoms with Crippen LogP contribution in [0, 0.1) is 17.2 Å². The molecule has 0 saturated carbocycles. The maximum absolute atomic E-state index is 14.1. The zero-order chi connectivity index (χ0) is 30.6. The molecule has 0 saturated heterocycles. The van der Waals surface area contributed by atoms with Crippen molar-refractivity contribution in [2.45, 2.75) is 97.1 Å². The predicted molar refractivity (Wildman–Crippen MR) is 144 cm³/mol. The van der Waals surface area contributed by atoms with E-state index in [1.54, 1.807) is 71.0 Å². The molecule has 0 fully saturated rings. The summed E-state index contributed by atoms with van der Waals surface area (Å²) in [6.07, 6.45) is -3.17. The number of carbonyl (C=O) groups is 5. The first-order valence-electron chi connectivity index (χ1n) is 13.1. The summed E-state index contributed by atoms with van der Waals surface area (Å²) in [5.41, 5.74) is -0.318. The average molecular weight is 561 g/mol. The van der Waals surface area contributed by atoms with Gasteiger partial charge in [0.1, 0.15) is 23.7 Å². The molecule has 12 nitrogen and oxygen atoms in total. The average Bonchev–Trinajstić information content (AvgIpc) is 2.85. The van der Waals surface area contributed by atoms with Crippen molar-refractivity contribution < 1.29 is 38.9 Å². The second kappa shape index (κ2) is 15.6. The molecule has 0 spiro atoms. The Bertz CT molecular complexity index is 1080. The molecule has 1 rings (SSSR count). The molecule has 1 aromatic rings. The number of aliphatic hydroxyl groups excluding tert-OH is 1. The number of rotatable bonds is 13. The Morgan fingerprint density at radius 3 is 2.17 bits per heavy atom. The molecular weight excluding hydrogens is 520 g/mol. The van der Waals surface area contributed by atoms with Gasteiger partial charge in [-0.15, -0.1) is 0 Å². The van der Waals surface area contributed by atoms with Gasteiger partial charge in [-0.2, -0.15) is 5.26 Å². The molecule has 5 atom stereocenters. The van der Waals surface area contributed by atoms with Crippen LogP contribution in [0.2, 0.25) is 0 Å². The Morgan fingerprint density at radius 2 is 1.68 bits per heavy atom. The number of nitrogens with zero attached hydrogens (tertiary/aromatic N) is 2. The second-order valence-corrected chi connectivity index (χ2v) is 10.6. The number of aliphatic hydroxyl groups is 1. The highest BCUT2D eigenvalue weighted by Gasteiger charge is 2.41. The smallest absolute Gasteiger partial charge is 0.408 e. The number of alkyl carbamates (subject to hydrolysis) is 1. The van der Waals surface area contributed by atoms with E-state index >= 15 is 0 Å². The molecule has 12 heteroatoms. The first kappa shape index (κ1) is 34.0. The Hall–Kier alpha value is -3.98. The summed E-state index contributed by atoms with van der Waals surface area (Å²) in [7, 11) is 0. The second-order valence-electron chi connectivity index (χ2n) is 10.6. The van der Waals surface area contributed by atoms with Gasteiger partial charge in [0.05, 0.1) is 25.0 Å². The van der Waals surface area contributed by atoms with E-state index in [4.69, 9.17) is 10.00 Å². The number of ether oxygens (including phenoxy) is 1. The van der Waals surface area contributed by atoms with Crippen LogP contribution < -0.4 is 10.6 Å². The van der Waals surface area contributed by atoms with Crippen molar-refractivity contribution >= 4 is 29.8 Å². The summed E-state index contributed by atoms with van der Waals surface area (Å²) in [4.78, 5) is 65.8. The predicted octanol–water partition coefficient (Wildman–Crippen LogP) is 2.15. The van der Waals surface area contributed by atoms with E-state index in [1.165, 1.54) is 6.92 Å². The summed E-state index contributed by atoms with van der Waals surface area (Å²) < 4.78 is 5.31. The number of nitriles is 1. The maximum atomic E-state index is 14.1. The van der Waals surface area contributed by atoms with E-state index in [-0.39, 0.29) is 6.42 Å². The zero-order valence-corrected chi connectivity index (χ0v) is 23.8. The molecule has 1 aromatic carbocycles. The lowest BCUT2D eigenvalue weighted by molar-refractivity contribution is -0.155. The van der Waals surface area contributed by atoms with Crippen LogP contribution in [0.4, 0.5) is 4.79 Å². The molecule has 0 aromatic heterocycles. The highest BCUT2D eigenvalue weighted by molar-refractivity contribution is 6.03. The van der Waals surface area contributed by atoms with Crippen molar-refractivity contribution in [2.24, 2.45) is 5.92 Å². The highest BCUT2D eigenvalue weighted by atomic mass is 16.6. The fourth-order valence-electron chi connectivity index (χ4n) is 3.71. The lowest BCUT2D eigenvalue weighted by Crippen LogP contribution is -2.61. The van der Waals surface area contributed by atoms with Crippen molar-refractivity contribution in [1.29, 1.82) is 5.26 Å². The summed E-state index contributed by atoms with van der Waals surface area (Å²) in [5.74, 6) is -4.67. The van der Waals surface area contributed by atoms with Gasteiger partial charge in [0.15, 0.2) is 0 Å². The van der Waals surface area contributed by atoms with Crippen molar-refractivity contribution in [3.8, 4) is 6.07 Å². The Balaban J connectivity index is 3.65. The fraction of sp³-hybridized carbons (Fsp3) is 0.571. The quantitative estimate of drug-likeness (QED) is 0.280. The first-order valence-corrected chi connectivity index (χ1v) is 13.1. The monoisotopic (exact) mass is 560 g/mol. The minimum atomic E-state index is -1.54. The molecule has 0 bridgehead atoms. The van der Waals surface area contributed by atoms with Crippen LogP contribution >= 0.6 is 0 Å². The van der Waals surface area contributed by atoms with Gasteiger partial charge in [-0.05, 0) is 39.2 Å². The standard InChI is InChI=1S/C28H40N4O8/c1-7-17(2)23(31-27(39)40-28(4,5)6)25(36)32(22(34)16-20(33)13-14-29)21(15-19-11-9-8-10-12-19)24(35)30-18(3)26(37)38/h8-12,17-18,20-21,23,33H,7,13,15-16H2,1-6H3,(H,30,35)(H,31,39)(H,37,38)/t17-,18+,20+,21+,23+/m0/s1. The van der Waals surface area contributed by atoms with Crippen LogP contribution in [0.5, 0.6) is 0 Å². The number of carboxylic acid groups (broad SMARTS) is 1. The molecule has 0 aliphatic rings. The van der Waals surface area contributed by atoms with Gasteiger partial charge in [-0.1, -0.05) is 50.6 Å². The van der Waals surface area contributed by atoms with Gasteiger partial charge >= 0.3 is 12.1 Å². The SMILES string of the molecule is CC[C@H](C)[C@@H](NC(=O)OC(C)(C)C)C(=O)N(C(=O)C[C@H](O)CC#N)[C@H](Cc1ccccc1)C(=O)N[C@H](C)C(=O)O. The van der Waals surface area contributed by atoms with Crippen molar-refractivity contribution in [3.63, 3.8) is 0 Å². The van der Waals surface area contributed by atoms with E-state index in [1.807, 2.05) is 0 Å². The number of amides is 4. The number of hydrogen-bond donors (Lipinski definition) is 4. The number of carbonyl (C=O) groups excluding carboxylic acids is 4. The van der Waals surface area contributed by atoms with E-state index in [0.717, 1.165) is 0 Å². The van der Waals surface area contributed by atoms with Crippen LogP contribution in [0.1, 0.15) is 66.4 Å². The number of imide groups is 1. The molecule has 4 amide bonds. The molecule has 0 aliphatic carbocycles. The Labute approximate surface area is 234 Å². The lowest BCUT2D eigenvalue weighted by Gasteiger charge is -2.35. The fourth-order valence-corrected chi connectivity index (χ4v) is 3.71. The third kappa shape index (κ3) is 11.0. The Kier molecular flexibility index (Phi) is 13.3. The number of nitrogens with one attached hydrogen (secondary N) is 2. The maximum Gasteiger partial charge on any atom is 0.408 e. The van der Waals surface area contributed by atoms with E-state index < -0.39 is 78.4 Å². The van der Waals surface area contributed by atoms with Crippen molar-refractivity contribution in [1.82, 2.24) is 15.5 Å². The van der Waals surface area contributed by atoms with E-state index in [9.17, 15) is 34.2 Å². The minimum Gasteiger partial charge on any atom is -0.480 e. The minimum absolute atomic E-state index is 0.176. The van der Waals surface area contributed by atoms with Crippen molar-refractivity contribution in [2.75, 3.05) is 0 Å². The third-order valence-electron chi connectivity index (χ3n) is 6.01. The zero-order valence-electron chi connectivity index (χ0n) is 23.8. The molecule has 0 aliphatic heterocycles. The summed E-state index contributed by atoms with van der Waals surface area (Å²) in [6.45, 7) is 9.60. The van der Waals surface area contributed by atoms with Crippen LogP contribution in [-0.2, 0) is 30.3 Å². The Morgan fingerprint density at radius 1 is 1.07 bits per heavy atom. The lowest BCUT2D eigenvalue weighted by atomic mass is 9.95. The largest absolute Gasteiger partial charge is 0.480 e. The first-order chi connectivity index (χ1) is 18.6. The summed E-state index contributed by atoms with van der Waals surface area (Å²) in [5, 5.41) is 33.3. The normalized spacial score (nSPS) is 14.8. The topological polar surface area (TPSA) is 186 Å². The van der Waals surface area contributed by atoms with Crippen molar-refractivity contribution in [3.05, 3.63) is 35.9 Å². The summed E-state index contributed by atoms with van der Waals surface area (Å²) >= 11 is 0. The van der Waals surface area contributed by atoms with Gasteiger partial charge in [-0.25, -0.2) is 4.79 Å². The third-order valence-corrected chi connectivity index (χ3v) is 6.01. The van der Waals surface area contributed by atoms with Crippen LogP contribution in [0.3, 0.4) is 0 Å². The highest BCUT2D eigenvalue weighted by Crippen LogP contribution is 2.19. The molecule has 40 heavy (non-hydrogen) atoms. The molecule has 220 valence electrons. The van der Waals surface area contributed by atoms with Gasteiger partial charge in [0.25, 0.3) is 5.91 Å². The number of aliphatic carboxylic acids is 1. The number of carboxylic acids is 1. The number of benzene rings is 1. The van der Waals surface area contributed by atoms with Crippen LogP contribution in [-0.4, -0.2) is 74.7 Å².